The molecule has 0 fully saturated rings. The summed E-state index contributed by atoms with van der Waals surface area (Å²) in [5, 5.41) is 0. The van der Waals surface area contributed by atoms with Crippen molar-refractivity contribution < 1.29 is 17.9 Å². The van der Waals surface area contributed by atoms with Crippen molar-refractivity contribution >= 4 is 5.69 Å². The first-order chi connectivity index (χ1) is 6.88. The minimum atomic E-state index is -4.20. The number of anilines is 1. The maximum Gasteiger partial charge on any atom is 0.392 e. The number of ether oxygens (including phenoxy) is 1. The maximum atomic E-state index is 11.8. The van der Waals surface area contributed by atoms with E-state index in [9.17, 15) is 13.2 Å². The van der Waals surface area contributed by atoms with Gasteiger partial charge < -0.3 is 10.5 Å². The van der Waals surface area contributed by atoms with Crippen LogP contribution in [-0.4, -0.2) is 12.8 Å². The van der Waals surface area contributed by atoms with Gasteiger partial charge in [-0.2, -0.15) is 13.2 Å². The molecule has 0 heterocycles. The molecule has 0 aromatic heterocycles. The lowest BCUT2D eigenvalue weighted by Crippen LogP contribution is -2.13. The molecule has 84 valence electrons. The van der Waals surface area contributed by atoms with Gasteiger partial charge in [0.1, 0.15) is 5.75 Å². The molecule has 2 N–H and O–H groups in total. The average Bonchev–Trinajstić information content (AvgIpc) is 2.09. The standard InChI is InChI=1S/C10H12F3NO/c1-7-2-3-8(14)9(6-7)15-5-4-10(11,12)13/h2-3,6H,4-5,14H2,1H3. The normalized spacial score (nSPS) is 11.5. The van der Waals surface area contributed by atoms with E-state index < -0.39 is 19.2 Å². The second-order valence-electron chi connectivity index (χ2n) is 3.25. The molecule has 0 aliphatic rings. The number of hydrogen-bond acceptors (Lipinski definition) is 2. The van der Waals surface area contributed by atoms with E-state index in [4.69, 9.17) is 10.5 Å². The van der Waals surface area contributed by atoms with E-state index in [2.05, 4.69) is 0 Å². The van der Waals surface area contributed by atoms with Gasteiger partial charge >= 0.3 is 6.18 Å². The van der Waals surface area contributed by atoms with Gasteiger partial charge in [-0.15, -0.1) is 0 Å². The van der Waals surface area contributed by atoms with Crippen LogP contribution in [0.25, 0.3) is 0 Å². The third kappa shape index (κ3) is 4.10. The molecule has 1 aromatic carbocycles. The van der Waals surface area contributed by atoms with Gasteiger partial charge in [0.05, 0.1) is 18.7 Å². The molecule has 1 aromatic rings. The number of hydrogen-bond donors (Lipinski definition) is 1. The number of nitrogen functional groups attached to an aromatic ring is 1. The topological polar surface area (TPSA) is 35.2 Å². The number of halogens is 3. The van der Waals surface area contributed by atoms with Gasteiger partial charge in [0, 0.05) is 0 Å². The Labute approximate surface area is 85.8 Å². The fourth-order valence-electron chi connectivity index (χ4n) is 1.04. The van der Waals surface area contributed by atoms with Gasteiger partial charge in [0.25, 0.3) is 0 Å². The van der Waals surface area contributed by atoms with Crippen LogP contribution in [0.2, 0.25) is 0 Å². The molecule has 1 rings (SSSR count). The molecule has 0 saturated heterocycles. The highest BCUT2D eigenvalue weighted by Crippen LogP contribution is 2.24. The minimum absolute atomic E-state index is 0.305. The molecule has 0 amide bonds. The highest BCUT2D eigenvalue weighted by atomic mass is 19.4. The van der Waals surface area contributed by atoms with E-state index in [0.29, 0.717) is 11.4 Å². The first-order valence-electron chi connectivity index (χ1n) is 4.44. The smallest absolute Gasteiger partial charge is 0.392 e. The van der Waals surface area contributed by atoms with Crippen LogP contribution < -0.4 is 10.5 Å². The van der Waals surface area contributed by atoms with E-state index in [-0.39, 0.29) is 0 Å². The van der Waals surface area contributed by atoms with Crippen LogP contribution >= 0.6 is 0 Å². The predicted octanol–water partition coefficient (Wildman–Crippen LogP) is 2.91. The summed E-state index contributed by atoms with van der Waals surface area (Å²) in [7, 11) is 0. The van der Waals surface area contributed by atoms with Crippen LogP contribution in [0.4, 0.5) is 18.9 Å². The lowest BCUT2D eigenvalue weighted by molar-refractivity contribution is -0.139. The molecule has 15 heavy (non-hydrogen) atoms. The summed E-state index contributed by atoms with van der Waals surface area (Å²) in [6.45, 7) is 1.41. The van der Waals surface area contributed by atoms with E-state index in [1.807, 2.05) is 6.92 Å². The van der Waals surface area contributed by atoms with Crippen LogP contribution in [0.1, 0.15) is 12.0 Å². The molecule has 0 unspecified atom stereocenters. The number of rotatable bonds is 3. The molecule has 0 aliphatic carbocycles. The van der Waals surface area contributed by atoms with Crippen molar-refractivity contribution in [2.45, 2.75) is 19.5 Å². The van der Waals surface area contributed by atoms with E-state index in [0.717, 1.165) is 5.56 Å². The van der Waals surface area contributed by atoms with Gasteiger partial charge in [-0.25, -0.2) is 0 Å². The minimum Gasteiger partial charge on any atom is -0.491 e. The zero-order chi connectivity index (χ0) is 11.5. The molecule has 0 spiro atoms. The molecule has 2 nitrogen and oxygen atoms in total. The number of nitrogens with two attached hydrogens (primary N) is 1. The van der Waals surface area contributed by atoms with Crippen LogP contribution in [-0.2, 0) is 0 Å². The van der Waals surface area contributed by atoms with Crippen LogP contribution in [0.15, 0.2) is 18.2 Å². The highest BCUT2D eigenvalue weighted by molar-refractivity contribution is 5.53. The van der Waals surface area contributed by atoms with Crippen molar-refractivity contribution in [1.82, 2.24) is 0 Å². The Hall–Kier alpha value is -1.39. The van der Waals surface area contributed by atoms with E-state index >= 15 is 0 Å². The first-order valence-corrected chi connectivity index (χ1v) is 4.44. The Balaban J connectivity index is 2.54. The third-order valence-corrected chi connectivity index (χ3v) is 1.81. The van der Waals surface area contributed by atoms with E-state index in [1.54, 1.807) is 18.2 Å². The Bertz CT molecular complexity index is 336. The lowest BCUT2D eigenvalue weighted by atomic mass is 10.2. The molecule has 0 bridgehead atoms. The summed E-state index contributed by atoms with van der Waals surface area (Å²) >= 11 is 0. The molecule has 0 aliphatic heterocycles. The van der Waals surface area contributed by atoms with Crippen LogP contribution in [0, 0.1) is 6.92 Å². The molecular weight excluding hydrogens is 207 g/mol. The highest BCUT2D eigenvalue weighted by Gasteiger charge is 2.26. The van der Waals surface area contributed by atoms with Crippen molar-refractivity contribution in [3.05, 3.63) is 23.8 Å². The summed E-state index contributed by atoms with van der Waals surface area (Å²) in [6.07, 6.45) is -5.17. The second kappa shape index (κ2) is 4.42. The first kappa shape index (κ1) is 11.7. The summed E-state index contributed by atoms with van der Waals surface area (Å²) in [6, 6.07) is 5.00. The van der Waals surface area contributed by atoms with Gasteiger partial charge in [0.15, 0.2) is 0 Å². The van der Waals surface area contributed by atoms with Crippen LogP contribution in [0.3, 0.4) is 0 Å². The third-order valence-electron chi connectivity index (χ3n) is 1.81. The lowest BCUT2D eigenvalue weighted by Gasteiger charge is -2.10. The molecule has 5 heteroatoms. The number of benzene rings is 1. The Kier molecular flexibility index (Phi) is 3.44. The van der Waals surface area contributed by atoms with Crippen LogP contribution in [0.5, 0.6) is 5.75 Å². The second-order valence-corrected chi connectivity index (χ2v) is 3.25. The van der Waals surface area contributed by atoms with Crippen molar-refractivity contribution in [2.75, 3.05) is 12.3 Å². The van der Waals surface area contributed by atoms with Crippen molar-refractivity contribution in [1.29, 1.82) is 0 Å². The Morgan fingerprint density at radius 1 is 1.33 bits per heavy atom. The summed E-state index contributed by atoms with van der Waals surface area (Å²) in [5.41, 5.74) is 6.78. The van der Waals surface area contributed by atoms with Gasteiger partial charge in [-0.05, 0) is 24.6 Å². The van der Waals surface area contributed by atoms with Crippen molar-refractivity contribution in [3.8, 4) is 5.75 Å². The summed E-state index contributed by atoms with van der Waals surface area (Å²) in [5.74, 6) is 0.305. The van der Waals surface area contributed by atoms with Gasteiger partial charge in [-0.1, -0.05) is 6.07 Å². The van der Waals surface area contributed by atoms with Gasteiger partial charge in [0.2, 0.25) is 0 Å². The Morgan fingerprint density at radius 2 is 2.00 bits per heavy atom. The molecule has 0 radical (unpaired) electrons. The van der Waals surface area contributed by atoms with Gasteiger partial charge in [-0.3, -0.25) is 0 Å². The van der Waals surface area contributed by atoms with Crippen molar-refractivity contribution in [3.63, 3.8) is 0 Å². The largest absolute Gasteiger partial charge is 0.491 e. The summed E-state index contributed by atoms with van der Waals surface area (Å²) in [4.78, 5) is 0. The molecule has 0 saturated carbocycles. The predicted molar refractivity (Wildman–Crippen MR) is 51.8 cm³/mol. The quantitative estimate of drug-likeness (QED) is 0.793. The Morgan fingerprint density at radius 3 is 2.60 bits per heavy atom. The van der Waals surface area contributed by atoms with Crippen molar-refractivity contribution in [2.24, 2.45) is 0 Å². The fourth-order valence-corrected chi connectivity index (χ4v) is 1.04. The SMILES string of the molecule is Cc1ccc(N)c(OCCC(F)(F)F)c1. The fraction of sp³-hybridized carbons (Fsp3) is 0.400. The summed E-state index contributed by atoms with van der Waals surface area (Å²) < 4.78 is 40.4. The average molecular weight is 219 g/mol. The zero-order valence-corrected chi connectivity index (χ0v) is 8.27. The molecule has 0 atom stereocenters. The monoisotopic (exact) mass is 219 g/mol. The molecular formula is C10H12F3NO. The zero-order valence-electron chi connectivity index (χ0n) is 8.27. The number of alkyl halides is 3. The number of aryl methyl sites for hydroxylation is 1. The van der Waals surface area contributed by atoms with E-state index in [1.165, 1.54) is 0 Å². The maximum absolute atomic E-state index is 11.8.